The summed E-state index contributed by atoms with van der Waals surface area (Å²) in [5.74, 6) is 0. The van der Waals surface area contributed by atoms with Crippen molar-refractivity contribution in [3.63, 3.8) is 0 Å². The van der Waals surface area contributed by atoms with E-state index in [1.165, 1.54) is 0 Å². The maximum Gasteiger partial charge on any atom is 0.416 e. The average molecular weight is 467 g/mol. The second kappa shape index (κ2) is 10.4. The molecule has 1 aliphatic rings. The molecule has 172 valence electrons. The van der Waals surface area contributed by atoms with E-state index in [-0.39, 0.29) is 6.54 Å². The molecule has 3 aromatic rings. The number of imide groups is 1. The van der Waals surface area contributed by atoms with Crippen molar-refractivity contribution < 1.29 is 19.8 Å². The molecule has 0 aliphatic carbocycles. The Kier molecular flexibility index (Phi) is 7.09. The summed E-state index contributed by atoms with van der Waals surface area (Å²) in [6.45, 7) is 1.80. The van der Waals surface area contributed by atoms with Crippen LogP contribution in [0.5, 0.6) is 0 Å². The molecule has 0 radical (unpaired) electrons. The summed E-state index contributed by atoms with van der Waals surface area (Å²) in [6, 6.07) is 18.3. The van der Waals surface area contributed by atoms with E-state index in [1.807, 2.05) is 42.5 Å². The van der Waals surface area contributed by atoms with E-state index >= 15 is 0 Å². The van der Waals surface area contributed by atoms with Crippen molar-refractivity contribution in [2.75, 3.05) is 29.9 Å². The Morgan fingerprint density at radius 3 is 2.33 bits per heavy atom. The topological polar surface area (TPSA) is 106 Å². The van der Waals surface area contributed by atoms with E-state index in [9.17, 15) is 9.59 Å². The van der Waals surface area contributed by atoms with Crippen LogP contribution in [0.2, 0.25) is 0 Å². The molecule has 2 amide bonds. The third kappa shape index (κ3) is 5.81. The predicted molar refractivity (Wildman–Crippen MR) is 129 cm³/mol. The molecule has 1 fully saturated rings. The fourth-order valence-corrected chi connectivity index (χ4v) is 4.77. The van der Waals surface area contributed by atoms with E-state index in [0.29, 0.717) is 17.4 Å². The van der Waals surface area contributed by atoms with Crippen molar-refractivity contribution in [3.05, 3.63) is 65.5 Å². The highest BCUT2D eigenvalue weighted by Crippen LogP contribution is 2.29. The number of hydrogen-bond acceptors (Lipinski definition) is 6. The number of nitrogens with zero attached hydrogens (tertiary/aromatic N) is 3. The number of thiazole rings is 1. The standard InChI is InChI=1S/C24H26N4O4S/c29-23(30)28(24(31)32)15-10-17-6-8-19(9-7-17)25-20-11-13-27(14-12-20)22-26-21(16-33-22)18-4-2-1-3-5-18/h1-9,16,20,25H,10-15H2,(H,29,30)(H,31,32). The number of aromatic nitrogens is 1. The number of benzene rings is 2. The summed E-state index contributed by atoms with van der Waals surface area (Å²) in [4.78, 5) is 29.4. The Bertz CT molecular complexity index is 1070. The summed E-state index contributed by atoms with van der Waals surface area (Å²) in [5.41, 5.74) is 4.05. The summed E-state index contributed by atoms with van der Waals surface area (Å²) >= 11 is 1.69. The second-order valence-electron chi connectivity index (χ2n) is 7.95. The Morgan fingerprint density at radius 2 is 1.70 bits per heavy atom. The van der Waals surface area contributed by atoms with Gasteiger partial charge in [0.1, 0.15) is 0 Å². The molecule has 0 unspecified atom stereocenters. The van der Waals surface area contributed by atoms with Gasteiger partial charge in [-0.1, -0.05) is 42.5 Å². The Balaban J connectivity index is 1.26. The van der Waals surface area contributed by atoms with E-state index in [0.717, 1.165) is 53.6 Å². The van der Waals surface area contributed by atoms with Gasteiger partial charge in [-0.25, -0.2) is 19.5 Å². The van der Waals surface area contributed by atoms with E-state index in [4.69, 9.17) is 15.2 Å². The Morgan fingerprint density at radius 1 is 1.03 bits per heavy atom. The molecule has 2 aromatic carbocycles. The fourth-order valence-electron chi connectivity index (χ4n) is 3.88. The number of piperidine rings is 1. The first-order chi connectivity index (χ1) is 16.0. The molecule has 0 spiro atoms. The highest BCUT2D eigenvalue weighted by atomic mass is 32.1. The van der Waals surface area contributed by atoms with Gasteiger partial charge in [-0.3, -0.25) is 0 Å². The van der Waals surface area contributed by atoms with Crippen LogP contribution in [0.3, 0.4) is 0 Å². The molecule has 3 N–H and O–H groups in total. The zero-order valence-corrected chi connectivity index (χ0v) is 18.9. The molecule has 1 saturated heterocycles. The summed E-state index contributed by atoms with van der Waals surface area (Å²) in [5, 5.41) is 24.6. The minimum absolute atomic E-state index is 0.0847. The Hall–Kier alpha value is -3.59. The van der Waals surface area contributed by atoms with Crippen LogP contribution in [0.1, 0.15) is 18.4 Å². The molecule has 0 saturated carbocycles. The molecule has 1 aromatic heterocycles. The zero-order chi connectivity index (χ0) is 23.2. The number of amides is 2. The number of carboxylic acid groups (broad SMARTS) is 2. The van der Waals surface area contributed by atoms with Crippen molar-refractivity contribution in [2.24, 2.45) is 0 Å². The van der Waals surface area contributed by atoms with Gasteiger partial charge < -0.3 is 20.4 Å². The van der Waals surface area contributed by atoms with Crippen molar-refractivity contribution in [2.45, 2.75) is 25.3 Å². The average Bonchev–Trinajstić information content (AvgIpc) is 3.31. The van der Waals surface area contributed by atoms with Gasteiger partial charge in [-0.2, -0.15) is 0 Å². The van der Waals surface area contributed by atoms with E-state index in [2.05, 4.69) is 27.7 Å². The molecule has 0 atom stereocenters. The van der Waals surface area contributed by atoms with Crippen LogP contribution in [0.25, 0.3) is 11.3 Å². The SMILES string of the molecule is O=C(O)N(CCc1ccc(NC2CCN(c3nc(-c4ccccc4)cs3)CC2)cc1)C(=O)O. The van der Waals surface area contributed by atoms with E-state index in [1.54, 1.807) is 11.3 Å². The third-order valence-electron chi connectivity index (χ3n) is 5.74. The molecular formula is C24H26N4O4S. The minimum atomic E-state index is -1.46. The van der Waals surface area contributed by atoms with Gasteiger partial charge in [0.05, 0.1) is 5.69 Å². The van der Waals surface area contributed by atoms with Gasteiger partial charge in [0, 0.05) is 42.3 Å². The molecule has 2 heterocycles. The van der Waals surface area contributed by atoms with Crippen LogP contribution in [-0.4, -0.2) is 58.0 Å². The van der Waals surface area contributed by atoms with Gasteiger partial charge in [-0.05, 0) is 37.0 Å². The lowest BCUT2D eigenvalue weighted by molar-refractivity contribution is 0.123. The highest BCUT2D eigenvalue weighted by Gasteiger charge is 2.22. The first-order valence-corrected chi connectivity index (χ1v) is 11.7. The number of carbonyl (C=O) groups is 2. The van der Waals surface area contributed by atoms with Crippen LogP contribution in [0.4, 0.5) is 20.4 Å². The van der Waals surface area contributed by atoms with Gasteiger partial charge in [-0.15, -0.1) is 11.3 Å². The van der Waals surface area contributed by atoms with Crippen molar-refractivity contribution >= 4 is 34.3 Å². The van der Waals surface area contributed by atoms with Crippen LogP contribution in [-0.2, 0) is 6.42 Å². The number of rotatable bonds is 7. The molecule has 33 heavy (non-hydrogen) atoms. The molecule has 9 heteroatoms. The Labute approximate surface area is 196 Å². The number of nitrogens with one attached hydrogen (secondary N) is 1. The van der Waals surface area contributed by atoms with Crippen LogP contribution in [0.15, 0.2) is 60.0 Å². The molecule has 0 bridgehead atoms. The highest BCUT2D eigenvalue weighted by molar-refractivity contribution is 7.14. The predicted octanol–water partition coefficient (Wildman–Crippen LogP) is 5.09. The smallest absolute Gasteiger partial charge is 0.416 e. The number of hydrogen-bond donors (Lipinski definition) is 3. The molecular weight excluding hydrogens is 440 g/mol. The lowest BCUT2D eigenvalue weighted by Gasteiger charge is -2.32. The zero-order valence-electron chi connectivity index (χ0n) is 18.1. The van der Waals surface area contributed by atoms with Crippen molar-refractivity contribution in [1.29, 1.82) is 0 Å². The third-order valence-corrected chi connectivity index (χ3v) is 6.64. The van der Waals surface area contributed by atoms with Crippen LogP contribution in [0, 0.1) is 0 Å². The molecule has 4 rings (SSSR count). The van der Waals surface area contributed by atoms with Gasteiger partial charge in [0.15, 0.2) is 5.13 Å². The summed E-state index contributed by atoms with van der Waals surface area (Å²) in [6.07, 6.45) is -0.555. The van der Waals surface area contributed by atoms with Crippen LogP contribution >= 0.6 is 11.3 Å². The van der Waals surface area contributed by atoms with Crippen LogP contribution < -0.4 is 10.2 Å². The lowest BCUT2D eigenvalue weighted by Crippen LogP contribution is -2.39. The first kappa shape index (κ1) is 22.6. The maximum absolute atomic E-state index is 10.9. The number of anilines is 2. The monoisotopic (exact) mass is 466 g/mol. The normalized spacial score (nSPS) is 14.1. The quantitative estimate of drug-likeness (QED) is 0.445. The van der Waals surface area contributed by atoms with Crippen molar-refractivity contribution in [3.8, 4) is 11.3 Å². The van der Waals surface area contributed by atoms with Gasteiger partial charge >= 0.3 is 12.2 Å². The van der Waals surface area contributed by atoms with Gasteiger partial charge in [0.2, 0.25) is 0 Å². The second-order valence-corrected chi connectivity index (χ2v) is 8.79. The molecule has 1 aliphatic heterocycles. The summed E-state index contributed by atoms with van der Waals surface area (Å²) < 4.78 is 0. The summed E-state index contributed by atoms with van der Waals surface area (Å²) in [7, 11) is 0. The first-order valence-electron chi connectivity index (χ1n) is 10.8. The van der Waals surface area contributed by atoms with Gasteiger partial charge in [0.25, 0.3) is 0 Å². The van der Waals surface area contributed by atoms with Crippen molar-refractivity contribution in [1.82, 2.24) is 9.88 Å². The molecule has 8 nitrogen and oxygen atoms in total. The largest absolute Gasteiger partial charge is 0.465 e. The fraction of sp³-hybridized carbons (Fsp3) is 0.292. The van der Waals surface area contributed by atoms with E-state index < -0.39 is 12.2 Å². The maximum atomic E-state index is 10.9. The lowest BCUT2D eigenvalue weighted by atomic mass is 10.0. The minimum Gasteiger partial charge on any atom is -0.465 e.